The first kappa shape index (κ1) is 59.5. The Morgan fingerprint density at radius 2 is 0.639 bits per heavy atom. The average molecular weight is 826 g/mol. The summed E-state index contributed by atoms with van der Waals surface area (Å²) in [7, 11) is 0. The molecule has 0 heterocycles. The van der Waals surface area contributed by atoms with E-state index in [1.54, 1.807) is 80.6 Å². The highest BCUT2D eigenvalue weighted by Gasteiger charge is 2.01. The van der Waals surface area contributed by atoms with Crippen LogP contribution in [0, 0.1) is 13.8 Å². The van der Waals surface area contributed by atoms with Gasteiger partial charge < -0.3 is 0 Å². The number of para-hydroxylation sites is 3. The number of benzene rings is 5. The Bertz CT molecular complexity index is 2080. The van der Waals surface area contributed by atoms with Crippen LogP contribution in [0.5, 0.6) is 0 Å². The minimum Gasteiger partial charge on any atom is -0.211 e. The fraction of sp³-hybridized carbons (Fsp3) is 0.213. The maximum absolute atomic E-state index is 10.00. The van der Waals surface area contributed by atoms with Gasteiger partial charge in [0.15, 0.2) is 0 Å². The van der Waals surface area contributed by atoms with Crippen molar-refractivity contribution in [1.82, 2.24) is 0 Å². The lowest BCUT2D eigenvalue weighted by Crippen LogP contribution is -1.75. The molecule has 14 heteroatoms. The maximum Gasteiger partial charge on any atom is 0.240 e. The lowest BCUT2D eigenvalue weighted by atomic mass is 10.1. The molecule has 5 aromatic carbocycles. The number of carbonyl (C=O) groups excluding carboxylic acids is 7. The van der Waals surface area contributed by atoms with Gasteiger partial charge in [-0.3, -0.25) is 0 Å². The van der Waals surface area contributed by atoms with Crippen LogP contribution >= 0.6 is 0 Å². The molecule has 0 aromatic heterocycles. The fourth-order valence-electron chi connectivity index (χ4n) is 3.51. The number of isocyanates is 7. The van der Waals surface area contributed by atoms with Gasteiger partial charge in [-0.25, -0.2) is 33.6 Å². The number of rotatable bonds is 7. The Morgan fingerprint density at radius 1 is 0.361 bits per heavy atom. The quantitative estimate of drug-likeness (QED) is 0.114. The Kier molecular flexibility index (Phi) is 43.3. The summed E-state index contributed by atoms with van der Waals surface area (Å²) in [5.74, 6) is 0. The van der Waals surface area contributed by atoms with Crippen molar-refractivity contribution >= 4 is 82.4 Å². The summed E-state index contributed by atoms with van der Waals surface area (Å²) >= 11 is 0. The van der Waals surface area contributed by atoms with Crippen molar-refractivity contribution in [1.29, 1.82) is 0 Å². The first-order valence-electron chi connectivity index (χ1n) is 18.2. The molecule has 0 spiro atoms. The number of aliphatic imine (C=N–C) groups is 7. The van der Waals surface area contributed by atoms with Crippen molar-refractivity contribution in [3.05, 3.63) is 139 Å². The van der Waals surface area contributed by atoms with E-state index in [-0.39, 0.29) is 7.43 Å². The zero-order valence-electron chi connectivity index (χ0n) is 34.8. The molecule has 5 aromatic rings. The predicted molar refractivity (Wildman–Crippen MR) is 242 cm³/mol. The standard InChI is InChI=1S/2C9H6N2O2.3C7H5NO.C3H8.2C2H6.CH4/c1-7-2-3-8(10-5-12)4-9(7)11-6-13;1-7-8(10-5-12)3-2-4-9(7)11-6-13;3*9-6-8-7-4-2-1-3-5-7;1-3-2;2*1-2;/h2*2-4H,1H3;3*1-5H;3H2,1-2H3;2*1-2H3;1H4. The summed E-state index contributed by atoms with van der Waals surface area (Å²) in [5, 5.41) is 0. The summed E-state index contributed by atoms with van der Waals surface area (Å²) in [5.41, 5.74) is 5.24. The SMILES string of the molecule is C.CC.CC.CCC.Cc1c(N=C=O)cccc1N=C=O.Cc1ccc(N=C=O)cc1N=C=O.O=C=Nc1ccccc1.O=C=Nc1ccccc1.O=C=Nc1ccccc1. The third-order valence-corrected chi connectivity index (χ3v) is 5.94. The van der Waals surface area contributed by atoms with E-state index in [1.807, 2.05) is 82.3 Å². The number of hydrogen-bond donors (Lipinski definition) is 0. The van der Waals surface area contributed by atoms with E-state index in [4.69, 9.17) is 0 Å². The van der Waals surface area contributed by atoms with Gasteiger partial charge in [-0.2, -0.15) is 34.9 Å². The predicted octanol–water partition coefficient (Wildman–Crippen LogP) is 12.9. The second-order valence-electron chi connectivity index (χ2n) is 10.0. The number of hydrogen-bond acceptors (Lipinski definition) is 14. The molecule has 61 heavy (non-hydrogen) atoms. The first-order valence-corrected chi connectivity index (χ1v) is 18.2. The first-order chi connectivity index (χ1) is 29.3. The van der Waals surface area contributed by atoms with Gasteiger partial charge in [0.25, 0.3) is 0 Å². The van der Waals surface area contributed by atoms with Crippen LogP contribution in [0.25, 0.3) is 0 Å². The van der Waals surface area contributed by atoms with Gasteiger partial charge in [0.1, 0.15) is 0 Å². The smallest absolute Gasteiger partial charge is 0.211 e. The number of aryl methyl sites for hydroxylation is 1. The van der Waals surface area contributed by atoms with E-state index in [1.165, 1.54) is 55.0 Å². The molecule has 0 N–H and O–H groups in total. The lowest BCUT2D eigenvalue weighted by Gasteiger charge is -1.99. The third-order valence-electron chi connectivity index (χ3n) is 5.94. The van der Waals surface area contributed by atoms with Crippen LogP contribution in [-0.4, -0.2) is 42.6 Å². The van der Waals surface area contributed by atoms with Gasteiger partial charge >= 0.3 is 0 Å². The molecule has 0 saturated heterocycles. The van der Waals surface area contributed by atoms with Crippen LogP contribution in [0.15, 0.2) is 162 Å². The Balaban J connectivity index is -0.000000322. The van der Waals surface area contributed by atoms with E-state index < -0.39 is 0 Å². The van der Waals surface area contributed by atoms with Gasteiger partial charge in [0.2, 0.25) is 42.6 Å². The summed E-state index contributed by atoms with van der Waals surface area (Å²) in [6.45, 7) is 15.8. The van der Waals surface area contributed by atoms with Crippen LogP contribution in [-0.2, 0) is 33.6 Å². The highest BCUT2D eigenvalue weighted by Crippen LogP contribution is 2.27. The minimum atomic E-state index is 0. The normalized spacial score (nSPS) is 7.61. The van der Waals surface area contributed by atoms with Gasteiger partial charge in [-0.05, 0) is 80.1 Å². The van der Waals surface area contributed by atoms with Crippen molar-refractivity contribution in [3.63, 3.8) is 0 Å². The average Bonchev–Trinajstić information content (AvgIpc) is 3.28. The van der Waals surface area contributed by atoms with Crippen LogP contribution in [0.3, 0.4) is 0 Å². The van der Waals surface area contributed by atoms with E-state index in [2.05, 4.69) is 48.8 Å². The Hall–Kier alpha value is -8.24. The number of nitrogens with zero attached hydrogens (tertiary/aromatic N) is 7. The van der Waals surface area contributed by atoms with Crippen LogP contribution in [0.4, 0.5) is 39.8 Å². The van der Waals surface area contributed by atoms with Crippen molar-refractivity contribution in [2.75, 3.05) is 0 Å². The minimum absolute atomic E-state index is 0. The fourth-order valence-corrected chi connectivity index (χ4v) is 3.51. The molecule has 0 radical (unpaired) electrons. The topological polar surface area (TPSA) is 206 Å². The third kappa shape index (κ3) is 31.5. The summed E-state index contributed by atoms with van der Waals surface area (Å²) in [4.78, 5) is 92.9. The van der Waals surface area contributed by atoms with Gasteiger partial charge in [0, 0.05) is 5.56 Å². The second-order valence-corrected chi connectivity index (χ2v) is 10.0. The van der Waals surface area contributed by atoms with E-state index in [9.17, 15) is 33.6 Å². The van der Waals surface area contributed by atoms with Gasteiger partial charge in [0.05, 0.1) is 39.8 Å². The largest absolute Gasteiger partial charge is 0.240 e. The second kappa shape index (κ2) is 44.5. The monoisotopic (exact) mass is 825 g/mol. The molecular weight excluding hydrogens is 775 g/mol. The molecule has 0 atom stereocenters. The Morgan fingerprint density at radius 3 is 0.934 bits per heavy atom. The summed E-state index contributed by atoms with van der Waals surface area (Å²) in [6.07, 6.45) is 11.3. The van der Waals surface area contributed by atoms with Crippen LogP contribution < -0.4 is 0 Å². The van der Waals surface area contributed by atoms with E-state index in [0.29, 0.717) is 45.4 Å². The molecule has 0 fully saturated rings. The van der Waals surface area contributed by atoms with E-state index in [0.717, 1.165) is 5.56 Å². The molecule has 0 saturated carbocycles. The molecule has 5 rings (SSSR count). The molecule has 0 aliphatic rings. The van der Waals surface area contributed by atoms with Crippen molar-refractivity contribution in [3.8, 4) is 0 Å². The maximum atomic E-state index is 10.00. The molecule has 0 amide bonds. The summed E-state index contributed by atoms with van der Waals surface area (Å²) in [6, 6.07) is 36.7. The van der Waals surface area contributed by atoms with Crippen LogP contribution in [0.2, 0.25) is 0 Å². The Labute approximate surface area is 357 Å². The van der Waals surface area contributed by atoms with Crippen molar-refractivity contribution in [2.45, 2.75) is 69.2 Å². The molecule has 0 bridgehead atoms. The molecule has 14 nitrogen and oxygen atoms in total. The zero-order valence-corrected chi connectivity index (χ0v) is 34.8. The van der Waals surface area contributed by atoms with Crippen molar-refractivity contribution in [2.24, 2.45) is 34.9 Å². The van der Waals surface area contributed by atoms with Gasteiger partial charge in [-0.1, -0.05) is 122 Å². The van der Waals surface area contributed by atoms with Crippen LogP contribution in [0.1, 0.15) is 66.5 Å². The molecular formula is C47H51N7O7. The molecule has 0 unspecified atom stereocenters. The highest BCUT2D eigenvalue weighted by atomic mass is 16.1. The lowest BCUT2D eigenvalue weighted by molar-refractivity contribution is 0.564. The molecule has 316 valence electrons. The van der Waals surface area contributed by atoms with E-state index >= 15 is 0 Å². The van der Waals surface area contributed by atoms with Gasteiger partial charge in [-0.15, -0.1) is 0 Å². The molecule has 0 aliphatic carbocycles. The zero-order chi connectivity index (χ0) is 45.7. The van der Waals surface area contributed by atoms with Crippen molar-refractivity contribution < 1.29 is 33.6 Å². The summed E-state index contributed by atoms with van der Waals surface area (Å²) < 4.78 is 0. The highest BCUT2D eigenvalue weighted by molar-refractivity contribution is 5.65. The molecule has 0 aliphatic heterocycles.